The maximum atomic E-state index is 11.5. The summed E-state index contributed by atoms with van der Waals surface area (Å²) in [4.78, 5) is 0. The number of aliphatic hydroxyl groups is 1. The Morgan fingerprint density at radius 2 is 1.90 bits per heavy atom. The van der Waals surface area contributed by atoms with Gasteiger partial charge in [-0.15, -0.1) is 0 Å². The van der Waals surface area contributed by atoms with E-state index in [1.54, 1.807) is 0 Å². The number of hydrogen-bond acceptors (Lipinski definition) is 3. The Bertz CT molecular complexity index is 558. The van der Waals surface area contributed by atoms with Gasteiger partial charge in [-0.3, -0.25) is 0 Å². The van der Waals surface area contributed by atoms with E-state index in [-0.39, 0.29) is 22.8 Å². The molecule has 20 heavy (non-hydrogen) atoms. The molecule has 0 spiro atoms. The van der Waals surface area contributed by atoms with Gasteiger partial charge in [-0.05, 0) is 29.4 Å². The Hall–Kier alpha value is -0.870. The van der Waals surface area contributed by atoms with E-state index in [1.807, 2.05) is 24.3 Å². The van der Waals surface area contributed by atoms with Crippen LogP contribution in [0, 0.1) is 5.92 Å². The monoisotopic (exact) mass is 296 g/mol. The topological polar surface area (TPSA) is 54.4 Å². The van der Waals surface area contributed by atoms with E-state index in [4.69, 9.17) is 0 Å². The minimum absolute atomic E-state index is 0.108. The predicted octanol–water partition coefficient (Wildman–Crippen LogP) is 2.84. The van der Waals surface area contributed by atoms with Gasteiger partial charge in [0.15, 0.2) is 9.84 Å². The van der Waals surface area contributed by atoms with Crippen molar-refractivity contribution in [3.63, 3.8) is 0 Å². The third kappa shape index (κ3) is 3.23. The molecule has 1 aliphatic heterocycles. The van der Waals surface area contributed by atoms with Gasteiger partial charge in [0.05, 0.1) is 17.6 Å². The molecule has 0 amide bonds. The molecule has 0 radical (unpaired) electrons. The van der Waals surface area contributed by atoms with E-state index >= 15 is 0 Å². The standard InChI is InChI=1S/C16H24O3S/c1-4-16(2,3)14-7-5-12(6-8-14)15(17)13-9-10-20(18,19)11-13/h5-8,13,15,17H,4,9-11H2,1-3H3. The summed E-state index contributed by atoms with van der Waals surface area (Å²) in [6.07, 6.45) is 0.938. The fourth-order valence-electron chi connectivity index (χ4n) is 2.68. The summed E-state index contributed by atoms with van der Waals surface area (Å²) < 4.78 is 23.0. The first-order valence-corrected chi connectivity index (χ1v) is 9.06. The van der Waals surface area contributed by atoms with Crippen LogP contribution < -0.4 is 0 Å². The number of aliphatic hydroxyl groups excluding tert-OH is 1. The second kappa shape index (κ2) is 5.49. The lowest BCUT2D eigenvalue weighted by atomic mass is 9.81. The normalized spacial score (nSPS) is 23.7. The molecular weight excluding hydrogens is 272 g/mol. The summed E-state index contributed by atoms with van der Waals surface area (Å²) in [7, 11) is -2.94. The van der Waals surface area contributed by atoms with Crippen molar-refractivity contribution >= 4 is 9.84 Å². The van der Waals surface area contributed by atoms with Crippen LogP contribution in [0.4, 0.5) is 0 Å². The minimum Gasteiger partial charge on any atom is -0.388 e. The molecule has 1 N–H and O–H groups in total. The van der Waals surface area contributed by atoms with Crippen LogP contribution in [0.25, 0.3) is 0 Å². The van der Waals surface area contributed by atoms with Crippen molar-refractivity contribution in [2.24, 2.45) is 5.92 Å². The largest absolute Gasteiger partial charge is 0.388 e. The van der Waals surface area contributed by atoms with Gasteiger partial charge >= 0.3 is 0 Å². The summed E-state index contributed by atoms with van der Waals surface area (Å²) in [5, 5.41) is 10.3. The summed E-state index contributed by atoms with van der Waals surface area (Å²) in [5.74, 6) is 0.150. The molecule has 3 nitrogen and oxygen atoms in total. The Labute approximate surface area is 121 Å². The van der Waals surface area contributed by atoms with Gasteiger partial charge in [0.2, 0.25) is 0 Å². The van der Waals surface area contributed by atoms with Crippen LogP contribution in [-0.4, -0.2) is 25.0 Å². The smallest absolute Gasteiger partial charge is 0.150 e. The van der Waals surface area contributed by atoms with Crippen LogP contribution in [0.1, 0.15) is 50.8 Å². The van der Waals surface area contributed by atoms with Crippen LogP contribution in [0.15, 0.2) is 24.3 Å². The molecular formula is C16H24O3S. The van der Waals surface area contributed by atoms with Crippen molar-refractivity contribution in [3.8, 4) is 0 Å². The van der Waals surface area contributed by atoms with Crippen molar-refractivity contribution in [2.75, 3.05) is 11.5 Å². The van der Waals surface area contributed by atoms with E-state index in [0.29, 0.717) is 6.42 Å². The molecule has 1 aliphatic rings. The second-order valence-electron chi connectivity index (χ2n) is 6.47. The predicted molar refractivity (Wildman–Crippen MR) is 81.5 cm³/mol. The van der Waals surface area contributed by atoms with Gasteiger partial charge in [0.25, 0.3) is 0 Å². The van der Waals surface area contributed by atoms with Crippen molar-refractivity contribution in [1.82, 2.24) is 0 Å². The average molecular weight is 296 g/mol. The molecule has 1 aromatic rings. The Morgan fingerprint density at radius 1 is 1.30 bits per heavy atom. The van der Waals surface area contributed by atoms with Gasteiger partial charge in [-0.1, -0.05) is 45.0 Å². The highest BCUT2D eigenvalue weighted by atomic mass is 32.2. The molecule has 4 heteroatoms. The lowest BCUT2D eigenvalue weighted by Crippen LogP contribution is -2.17. The van der Waals surface area contributed by atoms with Gasteiger partial charge in [0.1, 0.15) is 0 Å². The molecule has 2 atom stereocenters. The summed E-state index contributed by atoms with van der Waals surface area (Å²) in [6, 6.07) is 7.96. The van der Waals surface area contributed by atoms with Crippen molar-refractivity contribution < 1.29 is 13.5 Å². The quantitative estimate of drug-likeness (QED) is 0.929. The van der Waals surface area contributed by atoms with Crippen LogP contribution in [0.3, 0.4) is 0 Å². The molecule has 0 saturated carbocycles. The van der Waals surface area contributed by atoms with E-state index in [2.05, 4.69) is 20.8 Å². The maximum Gasteiger partial charge on any atom is 0.150 e. The number of sulfone groups is 1. The highest BCUT2D eigenvalue weighted by Crippen LogP contribution is 2.33. The second-order valence-corrected chi connectivity index (χ2v) is 8.70. The van der Waals surface area contributed by atoms with Gasteiger partial charge in [0, 0.05) is 5.92 Å². The van der Waals surface area contributed by atoms with Crippen LogP contribution >= 0.6 is 0 Å². The molecule has 1 aromatic carbocycles. The van der Waals surface area contributed by atoms with E-state index < -0.39 is 15.9 Å². The zero-order valence-electron chi connectivity index (χ0n) is 12.5. The highest BCUT2D eigenvalue weighted by Gasteiger charge is 2.33. The summed E-state index contributed by atoms with van der Waals surface area (Å²) in [6.45, 7) is 6.55. The number of benzene rings is 1. The first-order valence-electron chi connectivity index (χ1n) is 7.24. The van der Waals surface area contributed by atoms with Crippen LogP contribution in [0.2, 0.25) is 0 Å². The summed E-state index contributed by atoms with van der Waals surface area (Å²) >= 11 is 0. The fraction of sp³-hybridized carbons (Fsp3) is 0.625. The van der Waals surface area contributed by atoms with Gasteiger partial charge < -0.3 is 5.11 Å². The van der Waals surface area contributed by atoms with Gasteiger partial charge in [-0.25, -0.2) is 8.42 Å². The number of rotatable bonds is 4. The van der Waals surface area contributed by atoms with E-state index in [1.165, 1.54) is 5.56 Å². The van der Waals surface area contributed by atoms with Crippen LogP contribution in [0.5, 0.6) is 0 Å². The molecule has 1 fully saturated rings. The highest BCUT2D eigenvalue weighted by molar-refractivity contribution is 7.91. The fourth-order valence-corrected chi connectivity index (χ4v) is 4.51. The Balaban J connectivity index is 2.14. The molecule has 1 saturated heterocycles. The molecule has 0 bridgehead atoms. The number of hydrogen-bond donors (Lipinski definition) is 1. The van der Waals surface area contributed by atoms with Crippen molar-refractivity contribution in [2.45, 2.75) is 45.1 Å². The van der Waals surface area contributed by atoms with Crippen molar-refractivity contribution in [1.29, 1.82) is 0 Å². The summed E-state index contributed by atoms with van der Waals surface area (Å²) in [5.41, 5.74) is 2.19. The van der Waals surface area contributed by atoms with Crippen LogP contribution in [-0.2, 0) is 15.3 Å². The molecule has 2 unspecified atom stereocenters. The molecule has 0 aliphatic carbocycles. The molecule has 0 aromatic heterocycles. The zero-order valence-corrected chi connectivity index (χ0v) is 13.3. The first-order chi connectivity index (χ1) is 9.25. The Morgan fingerprint density at radius 3 is 2.35 bits per heavy atom. The SMILES string of the molecule is CCC(C)(C)c1ccc(C(O)C2CCS(=O)(=O)C2)cc1. The zero-order chi connectivity index (χ0) is 15.0. The maximum absolute atomic E-state index is 11.5. The first kappa shape index (κ1) is 15.5. The molecule has 1 heterocycles. The third-order valence-electron chi connectivity index (χ3n) is 4.63. The third-order valence-corrected chi connectivity index (χ3v) is 6.43. The lowest BCUT2D eigenvalue weighted by molar-refractivity contribution is 0.121. The molecule has 2 rings (SSSR count). The Kier molecular flexibility index (Phi) is 4.26. The van der Waals surface area contributed by atoms with Crippen molar-refractivity contribution in [3.05, 3.63) is 35.4 Å². The van der Waals surface area contributed by atoms with E-state index in [9.17, 15) is 13.5 Å². The molecule has 112 valence electrons. The van der Waals surface area contributed by atoms with E-state index in [0.717, 1.165) is 12.0 Å². The van der Waals surface area contributed by atoms with Gasteiger partial charge in [-0.2, -0.15) is 0 Å². The lowest BCUT2D eigenvalue weighted by Gasteiger charge is -2.24. The minimum atomic E-state index is -2.94. The average Bonchev–Trinajstić information content (AvgIpc) is 2.78.